The molecule has 2 nitrogen and oxygen atoms in total. The molecule has 1 N–H and O–H groups in total. The van der Waals surface area contributed by atoms with Gasteiger partial charge in [-0.25, -0.2) is 0 Å². The van der Waals surface area contributed by atoms with Crippen molar-refractivity contribution in [3.8, 4) is 5.75 Å². The summed E-state index contributed by atoms with van der Waals surface area (Å²) >= 11 is 0. The molecule has 1 aromatic rings. The summed E-state index contributed by atoms with van der Waals surface area (Å²) in [6.07, 6.45) is 8.03. The Kier molecular flexibility index (Phi) is 4.82. The van der Waals surface area contributed by atoms with Crippen LogP contribution in [0.25, 0.3) is 0 Å². The quantitative estimate of drug-likeness (QED) is 0.799. The molecule has 0 aromatic heterocycles. The Hall–Kier alpha value is -1.28. The zero-order valence-corrected chi connectivity index (χ0v) is 11.0. The lowest BCUT2D eigenvalue weighted by molar-refractivity contribution is 0.0987. The summed E-state index contributed by atoms with van der Waals surface area (Å²) in [6, 6.07) is 7.86. The maximum absolute atomic E-state index is 10.5. The summed E-state index contributed by atoms with van der Waals surface area (Å²) < 4.78 is 5.72. The standard InChI is InChI=1S/C16H22O2/c1-2-12-18-15-11-7-6-10-14(15)16(17)13-8-4-3-5-9-13/h3-4,6-7,10-11,13,16-17H,2,5,8-9,12H2,1H3. The van der Waals surface area contributed by atoms with Crippen molar-refractivity contribution in [3.05, 3.63) is 42.0 Å². The number of ether oxygens (including phenoxy) is 1. The Labute approximate surface area is 109 Å². The number of hydrogen-bond acceptors (Lipinski definition) is 2. The summed E-state index contributed by atoms with van der Waals surface area (Å²) in [5, 5.41) is 10.5. The van der Waals surface area contributed by atoms with Crippen molar-refractivity contribution in [3.63, 3.8) is 0 Å². The molecule has 18 heavy (non-hydrogen) atoms. The molecule has 0 bridgehead atoms. The van der Waals surface area contributed by atoms with Gasteiger partial charge in [-0.2, -0.15) is 0 Å². The molecular weight excluding hydrogens is 224 g/mol. The molecule has 0 radical (unpaired) electrons. The van der Waals surface area contributed by atoms with Gasteiger partial charge in [-0.3, -0.25) is 0 Å². The molecule has 0 fully saturated rings. The molecule has 0 heterocycles. The number of rotatable bonds is 5. The molecule has 1 aromatic carbocycles. The molecule has 0 aliphatic heterocycles. The second-order valence-electron chi connectivity index (χ2n) is 4.88. The van der Waals surface area contributed by atoms with E-state index in [9.17, 15) is 5.11 Å². The van der Waals surface area contributed by atoms with Crippen LogP contribution in [0, 0.1) is 5.92 Å². The molecule has 0 saturated carbocycles. The number of aliphatic hydroxyl groups is 1. The first-order valence-electron chi connectivity index (χ1n) is 6.87. The highest BCUT2D eigenvalue weighted by atomic mass is 16.5. The fourth-order valence-electron chi connectivity index (χ4n) is 2.43. The third-order valence-corrected chi connectivity index (χ3v) is 3.46. The predicted octanol–water partition coefficient (Wildman–Crippen LogP) is 3.87. The van der Waals surface area contributed by atoms with Gasteiger partial charge < -0.3 is 9.84 Å². The minimum absolute atomic E-state index is 0.321. The first-order valence-corrected chi connectivity index (χ1v) is 6.87. The van der Waals surface area contributed by atoms with E-state index in [0.717, 1.165) is 37.0 Å². The molecule has 1 aliphatic carbocycles. The third kappa shape index (κ3) is 3.14. The molecule has 1 aliphatic rings. The van der Waals surface area contributed by atoms with Gasteiger partial charge in [0.25, 0.3) is 0 Å². The average Bonchev–Trinajstić information content (AvgIpc) is 2.45. The number of aliphatic hydroxyl groups excluding tert-OH is 1. The van der Waals surface area contributed by atoms with Crippen LogP contribution in [0.15, 0.2) is 36.4 Å². The third-order valence-electron chi connectivity index (χ3n) is 3.46. The summed E-state index contributed by atoms with van der Waals surface area (Å²) in [5.41, 5.74) is 0.936. The van der Waals surface area contributed by atoms with Crippen molar-refractivity contribution in [1.29, 1.82) is 0 Å². The molecule has 0 spiro atoms. The van der Waals surface area contributed by atoms with Gasteiger partial charge in [0.2, 0.25) is 0 Å². The van der Waals surface area contributed by atoms with Crippen LogP contribution in [0.2, 0.25) is 0 Å². The van der Waals surface area contributed by atoms with Crippen LogP contribution in [0.1, 0.15) is 44.3 Å². The minimum Gasteiger partial charge on any atom is -0.493 e. The van der Waals surface area contributed by atoms with Crippen molar-refractivity contribution < 1.29 is 9.84 Å². The van der Waals surface area contributed by atoms with Crippen LogP contribution in [0.4, 0.5) is 0 Å². The molecule has 2 unspecified atom stereocenters. The topological polar surface area (TPSA) is 29.5 Å². The fourth-order valence-corrected chi connectivity index (χ4v) is 2.43. The van der Waals surface area contributed by atoms with E-state index in [1.807, 2.05) is 24.3 Å². The second-order valence-corrected chi connectivity index (χ2v) is 4.88. The Morgan fingerprint density at radius 1 is 1.33 bits per heavy atom. The lowest BCUT2D eigenvalue weighted by Crippen LogP contribution is -2.15. The second kappa shape index (κ2) is 6.60. The smallest absolute Gasteiger partial charge is 0.125 e. The van der Waals surface area contributed by atoms with E-state index in [1.165, 1.54) is 0 Å². The Balaban J connectivity index is 2.12. The summed E-state index contributed by atoms with van der Waals surface area (Å²) in [6.45, 7) is 2.79. The Bertz CT molecular complexity index is 398. The summed E-state index contributed by atoms with van der Waals surface area (Å²) in [5.74, 6) is 1.16. The van der Waals surface area contributed by atoms with E-state index in [0.29, 0.717) is 12.5 Å². The maximum atomic E-state index is 10.5. The van der Waals surface area contributed by atoms with E-state index in [4.69, 9.17) is 4.74 Å². The highest BCUT2D eigenvalue weighted by molar-refractivity contribution is 5.35. The fraction of sp³-hybridized carbons (Fsp3) is 0.500. The zero-order chi connectivity index (χ0) is 12.8. The van der Waals surface area contributed by atoms with Gasteiger partial charge in [-0.15, -0.1) is 0 Å². The number of hydrogen-bond donors (Lipinski definition) is 1. The molecule has 2 atom stereocenters. The zero-order valence-electron chi connectivity index (χ0n) is 11.0. The average molecular weight is 246 g/mol. The van der Waals surface area contributed by atoms with Crippen LogP contribution >= 0.6 is 0 Å². The van der Waals surface area contributed by atoms with Crippen LogP contribution in [-0.4, -0.2) is 11.7 Å². The molecule has 2 heteroatoms. The van der Waals surface area contributed by atoms with Gasteiger partial charge in [0, 0.05) is 5.56 Å². The van der Waals surface area contributed by atoms with Crippen LogP contribution < -0.4 is 4.74 Å². The molecule has 2 rings (SSSR count). The molecule has 0 amide bonds. The first-order chi connectivity index (χ1) is 8.83. The van der Waals surface area contributed by atoms with Gasteiger partial charge in [-0.1, -0.05) is 37.3 Å². The minimum atomic E-state index is -0.414. The van der Waals surface area contributed by atoms with Crippen LogP contribution in [0.5, 0.6) is 5.75 Å². The lowest BCUT2D eigenvalue weighted by atomic mass is 9.86. The number of allylic oxidation sites excluding steroid dienone is 2. The summed E-state index contributed by atoms with van der Waals surface area (Å²) in [4.78, 5) is 0. The van der Waals surface area contributed by atoms with Crippen molar-refractivity contribution in [1.82, 2.24) is 0 Å². The summed E-state index contributed by atoms with van der Waals surface area (Å²) in [7, 11) is 0. The Morgan fingerprint density at radius 3 is 2.89 bits per heavy atom. The van der Waals surface area contributed by atoms with Crippen LogP contribution in [-0.2, 0) is 0 Å². The molecular formula is C16H22O2. The first kappa shape index (κ1) is 13.2. The van der Waals surface area contributed by atoms with E-state index in [-0.39, 0.29) is 0 Å². The SMILES string of the molecule is CCCOc1ccccc1C(O)C1CC=CCC1. The lowest BCUT2D eigenvalue weighted by Gasteiger charge is -2.25. The highest BCUT2D eigenvalue weighted by Crippen LogP contribution is 2.35. The monoisotopic (exact) mass is 246 g/mol. The van der Waals surface area contributed by atoms with Crippen molar-refractivity contribution in [2.75, 3.05) is 6.61 Å². The predicted molar refractivity (Wildman–Crippen MR) is 73.7 cm³/mol. The van der Waals surface area contributed by atoms with Crippen molar-refractivity contribution in [2.45, 2.75) is 38.7 Å². The van der Waals surface area contributed by atoms with E-state index in [1.54, 1.807) is 0 Å². The van der Waals surface area contributed by atoms with E-state index >= 15 is 0 Å². The van der Waals surface area contributed by atoms with Crippen molar-refractivity contribution in [2.24, 2.45) is 5.92 Å². The van der Waals surface area contributed by atoms with E-state index in [2.05, 4.69) is 19.1 Å². The normalized spacial score (nSPS) is 20.7. The van der Waals surface area contributed by atoms with Crippen molar-refractivity contribution >= 4 is 0 Å². The molecule has 0 saturated heterocycles. The molecule has 98 valence electrons. The van der Waals surface area contributed by atoms with Gasteiger partial charge in [0.05, 0.1) is 12.7 Å². The number of benzene rings is 1. The van der Waals surface area contributed by atoms with Crippen LogP contribution in [0.3, 0.4) is 0 Å². The van der Waals surface area contributed by atoms with Gasteiger partial charge in [0.1, 0.15) is 5.75 Å². The Morgan fingerprint density at radius 2 is 2.17 bits per heavy atom. The highest BCUT2D eigenvalue weighted by Gasteiger charge is 2.23. The largest absolute Gasteiger partial charge is 0.493 e. The van der Waals surface area contributed by atoms with Gasteiger partial charge >= 0.3 is 0 Å². The van der Waals surface area contributed by atoms with E-state index < -0.39 is 6.10 Å². The van der Waals surface area contributed by atoms with Gasteiger partial charge in [0.15, 0.2) is 0 Å². The van der Waals surface area contributed by atoms with Gasteiger partial charge in [-0.05, 0) is 37.7 Å². The maximum Gasteiger partial charge on any atom is 0.125 e. The number of para-hydroxylation sites is 1.